The summed E-state index contributed by atoms with van der Waals surface area (Å²) < 4.78 is 28.1. The zero-order valence-corrected chi connectivity index (χ0v) is 17.1. The van der Waals surface area contributed by atoms with Gasteiger partial charge in [-0.05, 0) is 47.5 Å². The molecule has 0 aliphatic rings. The van der Waals surface area contributed by atoms with Crippen molar-refractivity contribution in [2.45, 2.75) is 30.0 Å². The molecule has 0 saturated heterocycles. The van der Waals surface area contributed by atoms with Gasteiger partial charge in [-0.25, -0.2) is 8.42 Å². The van der Waals surface area contributed by atoms with Crippen LogP contribution < -0.4 is 10.0 Å². The molecule has 0 saturated carbocycles. The van der Waals surface area contributed by atoms with E-state index in [1.54, 1.807) is 11.4 Å². The Morgan fingerprint density at radius 3 is 2.29 bits per heavy atom. The lowest BCUT2D eigenvalue weighted by Gasteiger charge is -2.18. The van der Waals surface area contributed by atoms with Crippen molar-refractivity contribution < 1.29 is 13.2 Å². The largest absolute Gasteiger partial charge is 0.325 e. The van der Waals surface area contributed by atoms with Gasteiger partial charge in [-0.15, -0.1) is 11.3 Å². The lowest BCUT2D eigenvalue weighted by Crippen LogP contribution is -2.45. The van der Waals surface area contributed by atoms with Crippen molar-refractivity contribution in [3.63, 3.8) is 0 Å². The second-order valence-electron chi connectivity index (χ2n) is 6.34. The van der Waals surface area contributed by atoms with Gasteiger partial charge in [0.1, 0.15) is 10.3 Å². The van der Waals surface area contributed by atoms with Crippen molar-refractivity contribution in [3.05, 3.63) is 83.2 Å². The Morgan fingerprint density at radius 1 is 0.964 bits per heavy atom. The average Bonchev–Trinajstić information content (AvgIpc) is 3.25. The van der Waals surface area contributed by atoms with Gasteiger partial charge >= 0.3 is 0 Å². The van der Waals surface area contributed by atoms with E-state index in [1.807, 2.05) is 54.6 Å². The fourth-order valence-corrected chi connectivity index (χ4v) is 4.96. The summed E-state index contributed by atoms with van der Waals surface area (Å²) in [5, 5.41) is 4.51. The molecule has 5 nitrogen and oxygen atoms in total. The number of carbonyl (C=O) groups excluding carboxylic acids is 1. The number of rotatable bonds is 8. The van der Waals surface area contributed by atoms with Crippen LogP contribution in [0.2, 0.25) is 0 Å². The highest BCUT2D eigenvalue weighted by Crippen LogP contribution is 2.18. The molecule has 0 spiro atoms. The van der Waals surface area contributed by atoms with Gasteiger partial charge in [0.15, 0.2) is 0 Å². The van der Waals surface area contributed by atoms with Crippen LogP contribution in [-0.2, 0) is 27.7 Å². The topological polar surface area (TPSA) is 75.3 Å². The second-order valence-corrected chi connectivity index (χ2v) is 9.22. The Kier molecular flexibility index (Phi) is 6.61. The number of aryl methyl sites for hydroxylation is 1. The fraction of sp³-hybridized carbons (Fsp3) is 0.190. The third kappa shape index (κ3) is 5.28. The lowest BCUT2D eigenvalue weighted by atomic mass is 10.1. The van der Waals surface area contributed by atoms with Crippen molar-refractivity contribution in [2.24, 2.45) is 0 Å². The zero-order valence-electron chi connectivity index (χ0n) is 15.5. The Hall–Kier alpha value is -2.48. The summed E-state index contributed by atoms with van der Waals surface area (Å²) in [4.78, 5) is 12.9. The first kappa shape index (κ1) is 20.3. The van der Waals surface area contributed by atoms with Gasteiger partial charge in [0, 0.05) is 5.69 Å². The molecule has 0 bridgehead atoms. The molecule has 28 heavy (non-hydrogen) atoms. The van der Waals surface area contributed by atoms with E-state index >= 15 is 0 Å². The van der Waals surface area contributed by atoms with Crippen LogP contribution in [0.15, 0.2) is 76.3 Å². The van der Waals surface area contributed by atoms with Gasteiger partial charge in [0.25, 0.3) is 10.0 Å². The van der Waals surface area contributed by atoms with Crippen molar-refractivity contribution >= 4 is 33.0 Å². The Balaban J connectivity index is 1.81. The molecule has 3 aromatic rings. The Bertz CT molecular complexity index is 1000. The maximum atomic E-state index is 12.9. The van der Waals surface area contributed by atoms with Crippen molar-refractivity contribution in [2.75, 3.05) is 5.32 Å². The monoisotopic (exact) mass is 414 g/mol. The minimum atomic E-state index is -3.78. The third-order valence-electron chi connectivity index (χ3n) is 4.29. The van der Waals surface area contributed by atoms with Crippen LogP contribution >= 0.6 is 11.3 Å². The van der Waals surface area contributed by atoms with Gasteiger partial charge in [-0.1, -0.05) is 55.5 Å². The lowest BCUT2D eigenvalue weighted by molar-refractivity contribution is -0.117. The number of hydrogen-bond donors (Lipinski definition) is 2. The van der Waals surface area contributed by atoms with Gasteiger partial charge in [-0.2, -0.15) is 4.72 Å². The summed E-state index contributed by atoms with van der Waals surface area (Å²) in [6.45, 7) is 2.06. The first-order valence-corrected chi connectivity index (χ1v) is 11.3. The summed E-state index contributed by atoms with van der Waals surface area (Å²) in [7, 11) is -3.78. The van der Waals surface area contributed by atoms with E-state index in [-0.39, 0.29) is 10.6 Å². The van der Waals surface area contributed by atoms with Crippen LogP contribution in [0.25, 0.3) is 0 Å². The van der Waals surface area contributed by atoms with Gasteiger partial charge in [-0.3, -0.25) is 4.79 Å². The molecule has 2 aromatic carbocycles. The number of amides is 1. The average molecular weight is 415 g/mol. The number of thiophene rings is 1. The van der Waals surface area contributed by atoms with Crippen LogP contribution in [0.1, 0.15) is 18.1 Å². The standard InChI is InChI=1S/C21H22N2O3S2/c1-2-16-10-12-18(13-11-16)22-21(24)19(15-17-7-4-3-5-8-17)23-28(25,26)20-9-6-14-27-20/h3-14,19,23H,2,15H2,1H3,(H,22,24)/t19-/m1/s1. The first-order valence-electron chi connectivity index (χ1n) is 8.97. The normalized spacial score (nSPS) is 12.5. The third-order valence-corrected chi connectivity index (χ3v) is 7.16. The highest BCUT2D eigenvalue weighted by molar-refractivity contribution is 7.91. The summed E-state index contributed by atoms with van der Waals surface area (Å²) >= 11 is 1.12. The molecule has 1 amide bonds. The number of benzene rings is 2. The maximum absolute atomic E-state index is 12.9. The highest BCUT2D eigenvalue weighted by Gasteiger charge is 2.26. The molecule has 0 unspecified atom stereocenters. The maximum Gasteiger partial charge on any atom is 0.250 e. The van der Waals surface area contributed by atoms with Crippen LogP contribution in [0.3, 0.4) is 0 Å². The molecule has 0 radical (unpaired) electrons. The summed E-state index contributed by atoms with van der Waals surface area (Å²) in [5.41, 5.74) is 2.67. The van der Waals surface area contributed by atoms with Crippen molar-refractivity contribution in [1.82, 2.24) is 4.72 Å². The fourth-order valence-electron chi connectivity index (χ4n) is 2.75. The number of nitrogens with one attached hydrogen (secondary N) is 2. The highest BCUT2D eigenvalue weighted by atomic mass is 32.2. The molecule has 1 heterocycles. The first-order chi connectivity index (χ1) is 13.5. The van der Waals surface area contributed by atoms with Crippen LogP contribution in [-0.4, -0.2) is 20.4 Å². The van der Waals surface area contributed by atoms with E-state index in [4.69, 9.17) is 0 Å². The van der Waals surface area contributed by atoms with Crippen LogP contribution in [0, 0.1) is 0 Å². The molecular weight excluding hydrogens is 392 g/mol. The number of hydrogen-bond acceptors (Lipinski definition) is 4. The number of sulfonamides is 1. The Labute approximate surface area is 169 Å². The van der Waals surface area contributed by atoms with Gasteiger partial charge < -0.3 is 5.32 Å². The van der Waals surface area contributed by atoms with E-state index in [0.29, 0.717) is 5.69 Å². The predicted molar refractivity (Wildman–Crippen MR) is 113 cm³/mol. The van der Waals surface area contributed by atoms with Crippen molar-refractivity contribution in [3.8, 4) is 0 Å². The molecule has 0 aliphatic carbocycles. The van der Waals surface area contributed by atoms with Gasteiger partial charge in [0.05, 0.1) is 0 Å². The smallest absolute Gasteiger partial charge is 0.250 e. The van der Waals surface area contributed by atoms with E-state index < -0.39 is 22.0 Å². The minimum absolute atomic E-state index is 0.186. The molecule has 0 aliphatic heterocycles. The minimum Gasteiger partial charge on any atom is -0.325 e. The molecule has 1 aromatic heterocycles. The van der Waals surface area contributed by atoms with Crippen LogP contribution in [0.5, 0.6) is 0 Å². The molecule has 3 rings (SSSR count). The Morgan fingerprint density at radius 2 is 1.68 bits per heavy atom. The van der Waals surface area contributed by atoms with E-state index in [0.717, 1.165) is 28.9 Å². The quantitative estimate of drug-likeness (QED) is 0.588. The number of anilines is 1. The molecule has 146 valence electrons. The van der Waals surface area contributed by atoms with Crippen molar-refractivity contribution in [1.29, 1.82) is 0 Å². The number of carbonyl (C=O) groups is 1. The SMILES string of the molecule is CCc1ccc(NC(=O)[C@@H](Cc2ccccc2)NS(=O)(=O)c2cccs2)cc1. The summed E-state index contributed by atoms with van der Waals surface area (Å²) in [6.07, 6.45) is 1.16. The molecule has 7 heteroatoms. The molecule has 2 N–H and O–H groups in total. The predicted octanol–water partition coefficient (Wildman–Crippen LogP) is 3.84. The second kappa shape index (κ2) is 9.14. The van der Waals surface area contributed by atoms with Gasteiger partial charge in [0.2, 0.25) is 5.91 Å². The van der Waals surface area contributed by atoms with E-state index in [9.17, 15) is 13.2 Å². The van der Waals surface area contributed by atoms with Crippen LogP contribution in [0.4, 0.5) is 5.69 Å². The molecular formula is C21H22N2O3S2. The summed E-state index contributed by atoms with van der Waals surface area (Å²) in [6, 6.07) is 19.1. The van der Waals surface area contributed by atoms with E-state index in [2.05, 4.69) is 17.0 Å². The molecule has 1 atom stereocenters. The summed E-state index contributed by atoms with van der Waals surface area (Å²) in [5.74, 6) is -0.395. The zero-order chi connectivity index (χ0) is 20.0. The molecule has 0 fully saturated rings. The van der Waals surface area contributed by atoms with E-state index in [1.165, 1.54) is 6.07 Å².